The van der Waals surface area contributed by atoms with Gasteiger partial charge in [0.05, 0.1) is 18.1 Å². The van der Waals surface area contributed by atoms with Crippen molar-refractivity contribution in [3.8, 4) is 5.75 Å². The van der Waals surface area contributed by atoms with E-state index < -0.39 is 10.0 Å². The fraction of sp³-hybridized carbons (Fsp3) is 0.400. The highest BCUT2D eigenvalue weighted by atomic mass is 32.2. The summed E-state index contributed by atoms with van der Waals surface area (Å²) < 4.78 is 31.0. The second-order valence-electron chi connectivity index (χ2n) is 3.17. The number of nitrogens with two attached hydrogens (primary N) is 1. The molecule has 0 aliphatic rings. The van der Waals surface area contributed by atoms with Crippen molar-refractivity contribution in [3.63, 3.8) is 0 Å². The largest absolute Gasteiger partial charge is 0.494 e. The van der Waals surface area contributed by atoms with Crippen molar-refractivity contribution < 1.29 is 18.0 Å². The van der Waals surface area contributed by atoms with Crippen LogP contribution in [0.1, 0.15) is 6.92 Å². The van der Waals surface area contributed by atoms with E-state index in [1.807, 2.05) is 6.92 Å². The van der Waals surface area contributed by atoms with Crippen LogP contribution in [0.2, 0.25) is 0 Å². The zero-order valence-electron chi connectivity index (χ0n) is 9.55. The van der Waals surface area contributed by atoms with Gasteiger partial charge in [-0.05, 0) is 31.2 Å². The molecule has 0 unspecified atom stereocenters. The molecular weight excluding hydrogens is 244 g/mol. The highest BCUT2D eigenvalue weighted by Crippen LogP contribution is 2.15. The third kappa shape index (κ3) is 4.31. The van der Waals surface area contributed by atoms with Crippen LogP contribution in [0.4, 0.5) is 0 Å². The van der Waals surface area contributed by atoms with Crippen molar-refractivity contribution in [2.24, 2.45) is 5.90 Å². The van der Waals surface area contributed by atoms with Crippen LogP contribution in [0, 0.1) is 0 Å². The SMILES string of the molecule is CCOc1ccc(S(=O)(=O)NCCON)cc1. The van der Waals surface area contributed by atoms with Gasteiger partial charge in [-0.1, -0.05) is 0 Å². The van der Waals surface area contributed by atoms with Crippen LogP contribution in [0.3, 0.4) is 0 Å². The van der Waals surface area contributed by atoms with Gasteiger partial charge in [-0.15, -0.1) is 0 Å². The third-order valence-electron chi connectivity index (χ3n) is 1.96. The minimum atomic E-state index is -3.51. The molecule has 17 heavy (non-hydrogen) atoms. The lowest BCUT2D eigenvalue weighted by atomic mass is 10.3. The second-order valence-corrected chi connectivity index (χ2v) is 4.94. The van der Waals surface area contributed by atoms with E-state index in [1.54, 1.807) is 12.1 Å². The van der Waals surface area contributed by atoms with E-state index in [2.05, 4.69) is 9.56 Å². The summed E-state index contributed by atoms with van der Waals surface area (Å²) in [6.07, 6.45) is 0. The first kappa shape index (κ1) is 13.9. The maximum absolute atomic E-state index is 11.7. The molecule has 0 radical (unpaired) electrons. The molecule has 0 saturated carbocycles. The number of hydrogen-bond donors (Lipinski definition) is 2. The van der Waals surface area contributed by atoms with Gasteiger partial charge in [0.2, 0.25) is 10.0 Å². The van der Waals surface area contributed by atoms with Gasteiger partial charge in [-0.25, -0.2) is 19.0 Å². The monoisotopic (exact) mass is 260 g/mol. The molecule has 0 fully saturated rings. The maximum atomic E-state index is 11.7. The Morgan fingerprint density at radius 3 is 2.47 bits per heavy atom. The Morgan fingerprint density at radius 1 is 1.29 bits per heavy atom. The first-order valence-corrected chi connectivity index (χ1v) is 6.62. The number of sulfonamides is 1. The summed E-state index contributed by atoms with van der Waals surface area (Å²) >= 11 is 0. The number of ether oxygens (including phenoxy) is 1. The van der Waals surface area contributed by atoms with E-state index in [4.69, 9.17) is 10.6 Å². The Kier molecular flexibility index (Phi) is 5.36. The van der Waals surface area contributed by atoms with E-state index >= 15 is 0 Å². The molecular formula is C10H16N2O4S. The first-order chi connectivity index (χ1) is 8.10. The molecule has 1 aromatic rings. The summed E-state index contributed by atoms with van der Waals surface area (Å²) in [7, 11) is -3.51. The highest BCUT2D eigenvalue weighted by molar-refractivity contribution is 7.89. The predicted molar refractivity (Wildman–Crippen MR) is 62.9 cm³/mol. The van der Waals surface area contributed by atoms with Crippen molar-refractivity contribution in [2.75, 3.05) is 19.8 Å². The Labute approximate surface area is 101 Å². The standard InChI is InChI=1S/C10H16N2O4S/c1-2-15-9-3-5-10(6-4-9)17(13,14)12-7-8-16-11/h3-6,12H,2,7-8,11H2,1H3. The lowest BCUT2D eigenvalue weighted by molar-refractivity contribution is 0.143. The summed E-state index contributed by atoms with van der Waals surface area (Å²) in [5, 5.41) is 0. The maximum Gasteiger partial charge on any atom is 0.240 e. The average Bonchev–Trinajstić information content (AvgIpc) is 2.30. The number of rotatable bonds is 7. The van der Waals surface area contributed by atoms with Gasteiger partial charge < -0.3 is 9.57 Å². The highest BCUT2D eigenvalue weighted by Gasteiger charge is 2.12. The normalized spacial score (nSPS) is 11.4. The lowest BCUT2D eigenvalue weighted by Crippen LogP contribution is -2.28. The fourth-order valence-electron chi connectivity index (χ4n) is 1.20. The molecule has 0 aliphatic heterocycles. The van der Waals surface area contributed by atoms with Crippen LogP contribution in [-0.4, -0.2) is 28.2 Å². The molecule has 96 valence electrons. The Hall–Kier alpha value is -1.15. The van der Waals surface area contributed by atoms with E-state index in [0.29, 0.717) is 12.4 Å². The van der Waals surface area contributed by atoms with Gasteiger partial charge in [0.15, 0.2) is 0 Å². The lowest BCUT2D eigenvalue weighted by Gasteiger charge is -2.07. The van der Waals surface area contributed by atoms with Crippen molar-refractivity contribution in [1.29, 1.82) is 0 Å². The minimum absolute atomic E-state index is 0.121. The molecule has 0 spiro atoms. The van der Waals surface area contributed by atoms with E-state index in [1.165, 1.54) is 12.1 Å². The Morgan fingerprint density at radius 2 is 1.94 bits per heavy atom. The van der Waals surface area contributed by atoms with Gasteiger partial charge in [0.25, 0.3) is 0 Å². The molecule has 0 bridgehead atoms. The van der Waals surface area contributed by atoms with Gasteiger partial charge in [0, 0.05) is 6.54 Å². The number of benzene rings is 1. The third-order valence-corrected chi connectivity index (χ3v) is 3.43. The molecule has 0 aliphatic carbocycles. The molecule has 1 aromatic carbocycles. The molecule has 0 aromatic heterocycles. The molecule has 6 nitrogen and oxygen atoms in total. The zero-order valence-corrected chi connectivity index (χ0v) is 10.4. The minimum Gasteiger partial charge on any atom is -0.494 e. The topological polar surface area (TPSA) is 90.7 Å². The van der Waals surface area contributed by atoms with Gasteiger partial charge in [-0.3, -0.25) is 0 Å². The van der Waals surface area contributed by atoms with E-state index in [0.717, 1.165) is 0 Å². The van der Waals surface area contributed by atoms with Crippen LogP contribution < -0.4 is 15.4 Å². The first-order valence-electron chi connectivity index (χ1n) is 5.14. The number of hydrogen-bond acceptors (Lipinski definition) is 5. The molecule has 1 rings (SSSR count). The van der Waals surface area contributed by atoms with Crippen molar-refractivity contribution in [1.82, 2.24) is 4.72 Å². The fourth-order valence-corrected chi connectivity index (χ4v) is 2.21. The van der Waals surface area contributed by atoms with Crippen LogP contribution in [-0.2, 0) is 14.9 Å². The molecule has 0 amide bonds. The van der Waals surface area contributed by atoms with Gasteiger partial charge >= 0.3 is 0 Å². The van der Waals surface area contributed by atoms with Crippen LogP contribution in [0.25, 0.3) is 0 Å². The van der Waals surface area contributed by atoms with Crippen molar-refractivity contribution in [2.45, 2.75) is 11.8 Å². The van der Waals surface area contributed by atoms with Gasteiger partial charge in [0.1, 0.15) is 5.75 Å². The number of nitrogens with one attached hydrogen (secondary N) is 1. The predicted octanol–water partition coefficient (Wildman–Crippen LogP) is 0.254. The molecule has 0 heterocycles. The zero-order chi connectivity index (χ0) is 12.7. The summed E-state index contributed by atoms with van der Waals surface area (Å²) in [4.78, 5) is 4.46. The summed E-state index contributed by atoms with van der Waals surface area (Å²) in [5.74, 6) is 5.43. The van der Waals surface area contributed by atoms with Crippen LogP contribution in [0.5, 0.6) is 5.75 Å². The van der Waals surface area contributed by atoms with E-state index in [9.17, 15) is 8.42 Å². The summed E-state index contributed by atoms with van der Waals surface area (Å²) in [6, 6.07) is 6.18. The Bertz CT molecular complexity index is 430. The average molecular weight is 260 g/mol. The summed E-state index contributed by atoms with van der Waals surface area (Å²) in [6.45, 7) is 2.65. The molecule has 0 saturated heterocycles. The van der Waals surface area contributed by atoms with Crippen LogP contribution >= 0.6 is 0 Å². The second kappa shape index (κ2) is 6.55. The Balaban J connectivity index is 2.71. The van der Waals surface area contributed by atoms with E-state index in [-0.39, 0.29) is 18.0 Å². The van der Waals surface area contributed by atoms with Crippen molar-refractivity contribution >= 4 is 10.0 Å². The quantitative estimate of drug-likeness (QED) is 0.542. The van der Waals surface area contributed by atoms with Gasteiger partial charge in [-0.2, -0.15) is 0 Å². The molecule has 3 N–H and O–H groups in total. The molecule has 7 heteroatoms. The summed E-state index contributed by atoms with van der Waals surface area (Å²) in [5.41, 5.74) is 0. The van der Waals surface area contributed by atoms with Crippen molar-refractivity contribution in [3.05, 3.63) is 24.3 Å². The smallest absolute Gasteiger partial charge is 0.240 e. The molecule has 0 atom stereocenters. The van der Waals surface area contributed by atoms with Crippen LogP contribution in [0.15, 0.2) is 29.2 Å².